The van der Waals surface area contributed by atoms with Crippen molar-refractivity contribution in [1.29, 1.82) is 0 Å². The number of rotatable bonds is 4. The van der Waals surface area contributed by atoms with Gasteiger partial charge in [-0.05, 0) is 24.3 Å². The molecular formula is C21H20O11. The fourth-order valence-electron chi connectivity index (χ4n) is 3.51. The lowest BCUT2D eigenvalue weighted by Gasteiger charge is -2.39. The Labute approximate surface area is 179 Å². The Morgan fingerprint density at radius 1 is 0.938 bits per heavy atom. The highest BCUT2D eigenvalue weighted by Gasteiger charge is 2.45. The van der Waals surface area contributed by atoms with E-state index in [4.69, 9.17) is 13.9 Å². The zero-order chi connectivity index (χ0) is 23.2. The number of hydrogen-bond donors (Lipinski definition) is 7. The van der Waals surface area contributed by atoms with Crippen LogP contribution < -0.4 is 10.2 Å². The van der Waals surface area contributed by atoms with Crippen LogP contribution >= 0.6 is 0 Å². The molecule has 0 aliphatic carbocycles. The molecule has 32 heavy (non-hydrogen) atoms. The lowest BCUT2D eigenvalue weighted by Crippen LogP contribution is -2.60. The summed E-state index contributed by atoms with van der Waals surface area (Å²) in [6.07, 6.45) is -7.98. The van der Waals surface area contributed by atoms with Crippen molar-refractivity contribution in [1.82, 2.24) is 0 Å². The van der Waals surface area contributed by atoms with Crippen LogP contribution in [0.15, 0.2) is 45.6 Å². The fourth-order valence-corrected chi connectivity index (χ4v) is 3.51. The molecule has 0 amide bonds. The number of hydrogen-bond acceptors (Lipinski definition) is 11. The molecule has 1 aliphatic heterocycles. The number of aliphatic hydroxyl groups excluding tert-OH is 4. The maximum Gasteiger partial charge on any atom is 0.238 e. The van der Waals surface area contributed by atoms with Crippen molar-refractivity contribution >= 4 is 11.0 Å². The van der Waals surface area contributed by atoms with E-state index >= 15 is 0 Å². The zero-order valence-electron chi connectivity index (χ0n) is 16.3. The van der Waals surface area contributed by atoms with Crippen molar-refractivity contribution in [2.24, 2.45) is 0 Å². The summed E-state index contributed by atoms with van der Waals surface area (Å²) < 4.78 is 16.1. The summed E-state index contributed by atoms with van der Waals surface area (Å²) in [4.78, 5) is 12.9. The number of phenolic OH excluding ortho intramolecular Hbond substituents is 2. The maximum atomic E-state index is 12.9. The van der Waals surface area contributed by atoms with Crippen molar-refractivity contribution in [3.8, 4) is 34.3 Å². The van der Waals surface area contributed by atoms with Crippen LogP contribution in [0.1, 0.15) is 0 Å². The Morgan fingerprint density at radius 3 is 2.28 bits per heavy atom. The standard InChI is InChI=1S/C21H20O11/c22-7-13-15(25)17(27)20(21(29)32-13)31-12-6-10(24)5-11-14(12)16(26)18(28)19(30-11)8-1-3-9(23)4-2-8/h1-6,13,15,17,20-25,27-29H,7H2/t13-,15-,17+,20-,21+/m1/s1. The Kier molecular flexibility index (Phi) is 5.67. The van der Waals surface area contributed by atoms with Crippen LogP contribution in [0.25, 0.3) is 22.3 Å². The monoisotopic (exact) mass is 448 g/mol. The van der Waals surface area contributed by atoms with E-state index in [1.165, 1.54) is 24.3 Å². The first kappa shape index (κ1) is 21.9. The summed E-state index contributed by atoms with van der Waals surface area (Å²) in [5, 5.41) is 69.3. The van der Waals surface area contributed by atoms with Crippen molar-refractivity contribution in [2.45, 2.75) is 30.7 Å². The van der Waals surface area contributed by atoms with Gasteiger partial charge in [-0.1, -0.05) is 0 Å². The van der Waals surface area contributed by atoms with E-state index in [0.29, 0.717) is 0 Å². The molecule has 11 nitrogen and oxygen atoms in total. The number of phenols is 2. The molecule has 1 saturated heterocycles. The molecule has 0 radical (unpaired) electrons. The molecule has 0 saturated carbocycles. The van der Waals surface area contributed by atoms with Crippen LogP contribution in [0.5, 0.6) is 23.0 Å². The van der Waals surface area contributed by atoms with Gasteiger partial charge in [0.05, 0.1) is 6.61 Å². The number of aromatic hydroxyl groups is 3. The Balaban J connectivity index is 1.80. The highest BCUT2D eigenvalue weighted by molar-refractivity contribution is 5.88. The normalized spacial score (nSPS) is 25.7. The van der Waals surface area contributed by atoms with E-state index in [1.807, 2.05) is 0 Å². The minimum Gasteiger partial charge on any atom is -0.508 e. The molecule has 170 valence electrons. The number of ether oxygens (including phenoxy) is 2. The summed E-state index contributed by atoms with van der Waals surface area (Å²) >= 11 is 0. The minimum atomic E-state index is -1.79. The third kappa shape index (κ3) is 3.72. The first-order valence-corrected chi connectivity index (χ1v) is 9.50. The molecule has 1 aromatic heterocycles. The molecule has 2 aromatic carbocycles. The van der Waals surface area contributed by atoms with Crippen LogP contribution in [0.3, 0.4) is 0 Å². The molecule has 7 N–H and O–H groups in total. The van der Waals surface area contributed by atoms with E-state index in [9.17, 15) is 40.5 Å². The van der Waals surface area contributed by atoms with Gasteiger partial charge in [0.15, 0.2) is 18.2 Å². The summed E-state index contributed by atoms with van der Waals surface area (Å²) in [6.45, 7) is -0.672. The smallest absolute Gasteiger partial charge is 0.238 e. The third-order valence-corrected chi connectivity index (χ3v) is 5.16. The van der Waals surface area contributed by atoms with Crippen LogP contribution in [0.4, 0.5) is 0 Å². The predicted molar refractivity (Wildman–Crippen MR) is 107 cm³/mol. The minimum absolute atomic E-state index is 0.0397. The number of fused-ring (bicyclic) bond motifs is 1. The predicted octanol–water partition coefficient (Wildman–Crippen LogP) is -0.245. The van der Waals surface area contributed by atoms with E-state index in [-0.39, 0.29) is 33.8 Å². The molecule has 2 heterocycles. The summed E-state index contributed by atoms with van der Waals surface area (Å²) in [5.41, 5.74) is -0.839. The number of benzene rings is 2. The van der Waals surface area contributed by atoms with Crippen LogP contribution in [-0.4, -0.2) is 73.1 Å². The van der Waals surface area contributed by atoms with Crippen LogP contribution in [0.2, 0.25) is 0 Å². The van der Waals surface area contributed by atoms with Gasteiger partial charge < -0.3 is 49.6 Å². The fraction of sp³-hybridized carbons (Fsp3) is 0.286. The van der Waals surface area contributed by atoms with Gasteiger partial charge in [-0.25, -0.2) is 0 Å². The highest BCUT2D eigenvalue weighted by atomic mass is 16.7. The quantitative estimate of drug-likeness (QED) is 0.279. The van der Waals surface area contributed by atoms with Crippen molar-refractivity contribution in [3.63, 3.8) is 0 Å². The van der Waals surface area contributed by atoms with Gasteiger partial charge in [0.25, 0.3) is 0 Å². The van der Waals surface area contributed by atoms with Crippen LogP contribution in [0, 0.1) is 0 Å². The molecule has 5 atom stereocenters. The van der Waals surface area contributed by atoms with Gasteiger partial charge in [-0.2, -0.15) is 0 Å². The molecule has 0 spiro atoms. The van der Waals surface area contributed by atoms with Crippen molar-refractivity contribution in [2.75, 3.05) is 6.61 Å². The van der Waals surface area contributed by atoms with E-state index in [2.05, 4.69) is 0 Å². The second kappa shape index (κ2) is 8.30. The molecule has 11 heteroatoms. The molecule has 0 unspecified atom stereocenters. The first-order chi connectivity index (χ1) is 15.2. The molecule has 4 rings (SSSR count). The largest absolute Gasteiger partial charge is 0.508 e. The van der Waals surface area contributed by atoms with E-state index in [0.717, 1.165) is 12.1 Å². The van der Waals surface area contributed by atoms with Gasteiger partial charge in [0, 0.05) is 17.7 Å². The van der Waals surface area contributed by atoms with E-state index in [1.54, 1.807) is 0 Å². The molecule has 1 aliphatic rings. The second-order valence-electron chi connectivity index (χ2n) is 7.28. The van der Waals surface area contributed by atoms with Gasteiger partial charge >= 0.3 is 0 Å². The lowest BCUT2D eigenvalue weighted by molar-refractivity contribution is -0.280. The Hall–Kier alpha value is -3.35. The molecule has 3 aromatic rings. The molecule has 1 fully saturated rings. The lowest BCUT2D eigenvalue weighted by atomic mass is 9.99. The summed E-state index contributed by atoms with van der Waals surface area (Å²) in [6, 6.07) is 7.57. The van der Waals surface area contributed by atoms with Gasteiger partial charge in [0.1, 0.15) is 46.5 Å². The second-order valence-corrected chi connectivity index (χ2v) is 7.28. The average Bonchev–Trinajstić information content (AvgIpc) is 2.76. The molecule has 0 bridgehead atoms. The van der Waals surface area contributed by atoms with Crippen LogP contribution in [-0.2, 0) is 4.74 Å². The summed E-state index contributed by atoms with van der Waals surface area (Å²) in [7, 11) is 0. The number of aliphatic hydroxyl groups is 4. The van der Waals surface area contributed by atoms with E-state index < -0.39 is 54.2 Å². The first-order valence-electron chi connectivity index (χ1n) is 9.50. The van der Waals surface area contributed by atoms with Crippen molar-refractivity contribution < 1.29 is 49.6 Å². The third-order valence-electron chi connectivity index (χ3n) is 5.16. The average molecular weight is 448 g/mol. The zero-order valence-corrected chi connectivity index (χ0v) is 16.3. The molecular weight excluding hydrogens is 428 g/mol. The Morgan fingerprint density at radius 2 is 1.62 bits per heavy atom. The SMILES string of the molecule is O=c1c(O)c(-c2ccc(O)cc2)oc2cc(O)cc(O[C@@H]3[C@@H](O)[C@H](O)[C@@H](CO)O[C@@H]3O)c12. The maximum absolute atomic E-state index is 12.9. The highest BCUT2D eigenvalue weighted by Crippen LogP contribution is 2.37. The van der Waals surface area contributed by atoms with Gasteiger partial charge in [0.2, 0.25) is 11.2 Å². The van der Waals surface area contributed by atoms with Crippen molar-refractivity contribution in [3.05, 3.63) is 46.6 Å². The Bertz CT molecular complexity index is 1190. The van der Waals surface area contributed by atoms with Gasteiger partial charge in [-0.3, -0.25) is 4.79 Å². The summed E-state index contributed by atoms with van der Waals surface area (Å²) in [5.74, 6) is -1.79. The van der Waals surface area contributed by atoms with Gasteiger partial charge in [-0.15, -0.1) is 0 Å². The topological polar surface area (TPSA) is 190 Å².